The van der Waals surface area contributed by atoms with Crippen LogP contribution in [0, 0.1) is 17.5 Å². The highest BCUT2D eigenvalue weighted by atomic mass is 19.2. The third kappa shape index (κ3) is 4.87. The average Bonchev–Trinajstić information content (AvgIpc) is 2.86. The van der Waals surface area contributed by atoms with E-state index in [-0.39, 0.29) is 6.10 Å². The standard InChI is InChI=1S/C17H22F3N3O3/c18-12-8-14(19)16(20)15(9-12)21-17(24)23-2-1-5-26-13(11-23)10-22-3-6-25-7-4-22/h8-9,13H,1-7,10-11H2,(H,21,24). The third-order valence-corrected chi connectivity index (χ3v) is 4.44. The van der Waals surface area contributed by atoms with Gasteiger partial charge >= 0.3 is 6.03 Å². The summed E-state index contributed by atoms with van der Waals surface area (Å²) in [4.78, 5) is 16.1. The molecule has 0 spiro atoms. The fourth-order valence-corrected chi connectivity index (χ4v) is 3.10. The number of hydrogen-bond acceptors (Lipinski definition) is 4. The molecule has 0 radical (unpaired) electrons. The van der Waals surface area contributed by atoms with Gasteiger partial charge in [0.15, 0.2) is 11.6 Å². The van der Waals surface area contributed by atoms with Crippen molar-refractivity contribution in [1.29, 1.82) is 0 Å². The summed E-state index contributed by atoms with van der Waals surface area (Å²) in [6, 6.07) is 0.588. The van der Waals surface area contributed by atoms with Gasteiger partial charge in [-0.1, -0.05) is 0 Å². The monoisotopic (exact) mass is 373 g/mol. The molecule has 1 aromatic rings. The van der Waals surface area contributed by atoms with Crippen LogP contribution in [0.4, 0.5) is 23.7 Å². The quantitative estimate of drug-likeness (QED) is 0.825. The van der Waals surface area contributed by atoms with Crippen LogP contribution in [0.15, 0.2) is 12.1 Å². The van der Waals surface area contributed by atoms with Crippen molar-refractivity contribution in [3.63, 3.8) is 0 Å². The Balaban J connectivity index is 1.62. The van der Waals surface area contributed by atoms with Crippen molar-refractivity contribution in [2.75, 3.05) is 57.9 Å². The number of carbonyl (C=O) groups is 1. The minimum atomic E-state index is -1.34. The predicted octanol–water partition coefficient (Wildman–Crippen LogP) is 2.06. The van der Waals surface area contributed by atoms with Crippen molar-refractivity contribution in [2.24, 2.45) is 0 Å². The lowest BCUT2D eigenvalue weighted by Crippen LogP contribution is -2.46. The first kappa shape index (κ1) is 18.9. The molecule has 1 N–H and O–H groups in total. The molecule has 1 unspecified atom stereocenters. The molecule has 1 atom stereocenters. The zero-order chi connectivity index (χ0) is 18.5. The zero-order valence-corrected chi connectivity index (χ0v) is 14.3. The Kier molecular flexibility index (Phi) is 6.33. The fourth-order valence-electron chi connectivity index (χ4n) is 3.10. The van der Waals surface area contributed by atoms with E-state index in [9.17, 15) is 18.0 Å². The maximum absolute atomic E-state index is 13.8. The number of urea groups is 1. The molecule has 26 heavy (non-hydrogen) atoms. The topological polar surface area (TPSA) is 54.0 Å². The largest absolute Gasteiger partial charge is 0.379 e. The van der Waals surface area contributed by atoms with Gasteiger partial charge in [0.05, 0.1) is 25.0 Å². The number of amides is 2. The molecule has 1 aromatic carbocycles. The predicted molar refractivity (Wildman–Crippen MR) is 88.5 cm³/mol. The second-order valence-electron chi connectivity index (χ2n) is 6.38. The van der Waals surface area contributed by atoms with Gasteiger partial charge in [0.1, 0.15) is 5.82 Å². The molecule has 9 heteroatoms. The minimum Gasteiger partial charge on any atom is -0.379 e. The van der Waals surface area contributed by atoms with Crippen LogP contribution in [0.2, 0.25) is 0 Å². The molecule has 144 valence electrons. The van der Waals surface area contributed by atoms with Crippen LogP contribution in [0.1, 0.15) is 6.42 Å². The number of anilines is 1. The summed E-state index contributed by atoms with van der Waals surface area (Å²) in [7, 11) is 0. The van der Waals surface area contributed by atoms with E-state index < -0.39 is 29.2 Å². The maximum atomic E-state index is 13.8. The van der Waals surface area contributed by atoms with Gasteiger partial charge in [-0.15, -0.1) is 0 Å². The Hall–Kier alpha value is -1.84. The van der Waals surface area contributed by atoms with Crippen LogP contribution >= 0.6 is 0 Å². The van der Waals surface area contributed by atoms with Crippen LogP contribution in [0.25, 0.3) is 0 Å². The Bertz CT molecular complexity index is 641. The van der Waals surface area contributed by atoms with Crippen LogP contribution in [-0.2, 0) is 9.47 Å². The second-order valence-corrected chi connectivity index (χ2v) is 6.38. The number of nitrogens with zero attached hydrogens (tertiary/aromatic N) is 2. The van der Waals surface area contributed by atoms with Crippen molar-refractivity contribution in [1.82, 2.24) is 9.80 Å². The molecule has 6 nitrogen and oxygen atoms in total. The Morgan fingerprint density at radius 2 is 1.92 bits per heavy atom. The summed E-state index contributed by atoms with van der Waals surface area (Å²) in [5.74, 6) is -3.58. The number of benzene rings is 1. The summed E-state index contributed by atoms with van der Waals surface area (Å²) in [5, 5.41) is 2.26. The Morgan fingerprint density at radius 1 is 1.15 bits per heavy atom. The van der Waals surface area contributed by atoms with Gasteiger partial charge in [-0.25, -0.2) is 18.0 Å². The molecule has 2 heterocycles. The highest BCUT2D eigenvalue weighted by Gasteiger charge is 2.26. The molecule has 2 fully saturated rings. The van der Waals surface area contributed by atoms with Gasteiger partial charge in [0.2, 0.25) is 0 Å². The van der Waals surface area contributed by atoms with E-state index in [0.717, 1.165) is 19.2 Å². The summed E-state index contributed by atoms with van der Waals surface area (Å²) < 4.78 is 51.5. The SMILES string of the molecule is O=C(Nc1cc(F)cc(F)c1F)N1CCCOC(CN2CCOCC2)C1. The van der Waals surface area contributed by atoms with E-state index in [1.54, 1.807) is 0 Å². The lowest BCUT2D eigenvalue weighted by molar-refractivity contribution is -0.00983. The van der Waals surface area contributed by atoms with E-state index in [1.807, 2.05) is 0 Å². The third-order valence-electron chi connectivity index (χ3n) is 4.44. The summed E-state index contributed by atoms with van der Waals surface area (Å²) in [5.41, 5.74) is -0.512. The molecule has 0 aliphatic carbocycles. The van der Waals surface area contributed by atoms with E-state index in [4.69, 9.17) is 9.47 Å². The van der Waals surface area contributed by atoms with Crippen LogP contribution in [-0.4, -0.2) is 74.5 Å². The highest BCUT2D eigenvalue weighted by Crippen LogP contribution is 2.20. The Labute approximate surface area is 149 Å². The van der Waals surface area contributed by atoms with Gasteiger partial charge in [0.25, 0.3) is 0 Å². The summed E-state index contributed by atoms with van der Waals surface area (Å²) in [6.45, 7) is 4.87. The summed E-state index contributed by atoms with van der Waals surface area (Å²) >= 11 is 0. The smallest absolute Gasteiger partial charge is 0.322 e. The highest BCUT2D eigenvalue weighted by molar-refractivity contribution is 5.89. The molecule has 3 rings (SSSR count). The van der Waals surface area contributed by atoms with Gasteiger partial charge in [0, 0.05) is 51.5 Å². The Morgan fingerprint density at radius 3 is 2.69 bits per heavy atom. The number of hydrogen-bond donors (Lipinski definition) is 1. The van der Waals surface area contributed by atoms with Crippen LogP contribution in [0.5, 0.6) is 0 Å². The molecule has 0 bridgehead atoms. The van der Waals surface area contributed by atoms with Gasteiger partial charge in [-0.2, -0.15) is 0 Å². The van der Waals surface area contributed by atoms with E-state index in [2.05, 4.69) is 10.2 Å². The number of halogens is 3. The number of ether oxygens (including phenoxy) is 2. The van der Waals surface area contributed by atoms with Gasteiger partial charge in [-0.3, -0.25) is 4.90 Å². The summed E-state index contributed by atoms with van der Waals surface area (Å²) in [6.07, 6.45) is 0.447. The molecule has 2 saturated heterocycles. The second kappa shape index (κ2) is 8.70. The van der Waals surface area contributed by atoms with Crippen molar-refractivity contribution < 1.29 is 27.4 Å². The van der Waals surface area contributed by atoms with Crippen molar-refractivity contribution in [3.05, 3.63) is 29.6 Å². The van der Waals surface area contributed by atoms with E-state index in [0.29, 0.717) is 51.9 Å². The minimum absolute atomic E-state index is 0.185. The normalized spacial score (nSPS) is 22.1. The number of carbonyl (C=O) groups excluding carboxylic acids is 1. The zero-order valence-electron chi connectivity index (χ0n) is 14.3. The van der Waals surface area contributed by atoms with Crippen LogP contribution in [0.3, 0.4) is 0 Å². The van der Waals surface area contributed by atoms with Crippen LogP contribution < -0.4 is 5.32 Å². The average molecular weight is 373 g/mol. The first-order valence-corrected chi connectivity index (χ1v) is 8.65. The molecular formula is C17H22F3N3O3. The number of morpholine rings is 1. The lowest BCUT2D eigenvalue weighted by atomic mass is 10.2. The van der Waals surface area contributed by atoms with Crippen molar-refractivity contribution in [3.8, 4) is 0 Å². The molecular weight excluding hydrogens is 351 g/mol. The molecule has 0 aromatic heterocycles. The lowest BCUT2D eigenvalue weighted by Gasteiger charge is -2.31. The first-order chi connectivity index (χ1) is 12.5. The maximum Gasteiger partial charge on any atom is 0.322 e. The van der Waals surface area contributed by atoms with Crippen molar-refractivity contribution in [2.45, 2.75) is 12.5 Å². The van der Waals surface area contributed by atoms with E-state index in [1.165, 1.54) is 4.90 Å². The van der Waals surface area contributed by atoms with Crippen molar-refractivity contribution >= 4 is 11.7 Å². The molecule has 0 saturated carbocycles. The number of rotatable bonds is 3. The van der Waals surface area contributed by atoms with Gasteiger partial charge < -0.3 is 19.7 Å². The number of nitrogens with one attached hydrogen (secondary N) is 1. The molecule has 2 aliphatic rings. The van der Waals surface area contributed by atoms with Gasteiger partial charge in [-0.05, 0) is 6.42 Å². The molecule has 2 aliphatic heterocycles. The first-order valence-electron chi connectivity index (χ1n) is 8.65. The van der Waals surface area contributed by atoms with E-state index >= 15 is 0 Å². The molecule has 2 amide bonds. The fraction of sp³-hybridized carbons (Fsp3) is 0.588.